The molecule has 0 spiro atoms. The second kappa shape index (κ2) is 9.63. The zero-order valence-electron chi connectivity index (χ0n) is 13.9. The van der Waals surface area contributed by atoms with Crippen LogP contribution in [0, 0.1) is 0 Å². The Morgan fingerprint density at radius 3 is 2.46 bits per heavy atom. The maximum absolute atomic E-state index is 9.82. The van der Waals surface area contributed by atoms with Crippen LogP contribution in [0.4, 0.5) is 0 Å². The minimum Gasteiger partial charge on any atom is -0.466 e. The number of benzene rings is 2. The number of carbonyl (C=O) groups excluding carboxylic acids is 1. The lowest BCUT2D eigenvalue weighted by Gasteiger charge is -1.90. The molecule has 3 aromatic rings. The van der Waals surface area contributed by atoms with E-state index >= 15 is 0 Å². The van der Waals surface area contributed by atoms with E-state index in [0.29, 0.717) is 6.61 Å². The van der Waals surface area contributed by atoms with Gasteiger partial charge in [-0.25, -0.2) is 4.98 Å². The van der Waals surface area contributed by atoms with Crippen molar-refractivity contribution in [2.24, 2.45) is 0 Å². The standard InChI is InChI=1S/C16H13NS.C4H8O2/c1-2-7-13(8-3-1)9-6-12-16-17-14-10-4-5-11-15(14)18-16;1-3-6-4(2)5/h1-11H,12H2;3H2,1-2H3/b9-6+;. The lowest BCUT2D eigenvalue weighted by atomic mass is 10.2. The highest BCUT2D eigenvalue weighted by molar-refractivity contribution is 7.18. The molecule has 1 aromatic heterocycles. The first kappa shape index (κ1) is 17.9. The molecule has 0 saturated heterocycles. The molecule has 0 unspecified atom stereocenters. The zero-order valence-corrected chi connectivity index (χ0v) is 14.8. The number of carbonyl (C=O) groups is 1. The minimum absolute atomic E-state index is 0.211. The van der Waals surface area contributed by atoms with Crippen molar-refractivity contribution in [3.8, 4) is 0 Å². The molecule has 0 bridgehead atoms. The van der Waals surface area contributed by atoms with Crippen molar-refractivity contribution in [3.63, 3.8) is 0 Å². The number of rotatable bonds is 4. The van der Waals surface area contributed by atoms with E-state index in [1.807, 2.05) is 12.1 Å². The Morgan fingerprint density at radius 1 is 1.12 bits per heavy atom. The van der Waals surface area contributed by atoms with Crippen molar-refractivity contribution in [2.45, 2.75) is 20.3 Å². The number of allylic oxidation sites excluding steroid dienone is 1. The molecule has 0 N–H and O–H groups in total. The van der Waals surface area contributed by atoms with Crippen molar-refractivity contribution in [2.75, 3.05) is 6.61 Å². The Balaban J connectivity index is 0.000000301. The summed E-state index contributed by atoms with van der Waals surface area (Å²) in [4.78, 5) is 14.4. The topological polar surface area (TPSA) is 39.2 Å². The fraction of sp³-hybridized carbons (Fsp3) is 0.200. The van der Waals surface area contributed by atoms with E-state index in [9.17, 15) is 4.79 Å². The highest BCUT2D eigenvalue weighted by Crippen LogP contribution is 2.22. The summed E-state index contributed by atoms with van der Waals surface area (Å²) in [6, 6.07) is 18.6. The number of ether oxygens (including phenoxy) is 1. The normalized spacial score (nSPS) is 10.4. The van der Waals surface area contributed by atoms with E-state index < -0.39 is 0 Å². The molecule has 0 aliphatic heterocycles. The van der Waals surface area contributed by atoms with E-state index in [4.69, 9.17) is 0 Å². The van der Waals surface area contributed by atoms with E-state index in [0.717, 1.165) is 11.9 Å². The van der Waals surface area contributed by atoms with Gasteiger partial charge in [0.05, 0.1) is 21.8 Å². The number of nitrogens with zero attached hydrogens (tertiary/aromatic N) is 1. The lowest BCUT2D eigenvalue weighted by Crippen LogP contribution is -1.95. The molecule has 2 aromatic carbocycles. The Labute approximate surface area is 146 Å². The fourth-order valence-corrected chi connectivity index (χ4v) is 3.01. The van der Waals surface area contributed by atoms with Gasteiger partial charge in [0.15, 0.2) is 0 Å². The predicted molar refractivity (Wildman–Crippen MR) is 101 cm³/mol. The molecule has 1 heterocycles. The first-order valence-electron chi connectivity index (χ1n) is 7.88. The summed E-state index contributed by atoms with van der Waals surface area (Å²) in [5, 5.41) is 1.17. The van der Waals surface area contributed by atoms with Crippen molar-refractivity contribution in [1.29, 1.82) is 0 Å². The largest absolute Gasteiger partial charge is 0.466 e. The van der Waals surface area contributed by atoms with Gasteiger partial charge in [-0.05, 0) is 24.6 Å². The second-order valence-corrected chi connectivity index (χ2v) is 6.13. The summed E-state index contributed by atoms with van der Waals surface area (Å²) >= 11 is 1.77. The monoisotopic (exact) mass is 339 g/mol. The van der Waals surface area contributed by atoms with Gasteiger partial charge >= 0.3 is 5.97 Å². The Morgan fingerprint density at radius 2 is 1.83 bits per heavy atom. The number of para-hydroxylation sites is 1. The maximum atomic E-state index is 9.82. The van der Waals surface area contributed by atoms with Gasteiger partial charge in [-0.3, -0.25) is 4.79 Å². The number of aromatic nitrogens is 1. The molecule has 0 fully saturated rings. The van der Waals surface area contributed by atoms with Crippen LogP contribution in [0.2, 0.25) is 0 Å². The van der Waals surface area contributed by atoms with Crippen LogP contribution in [-0.2, 0) is 16.0 Å². The molecule has 3 nitrogen and oxygen atoms in total. The molecule has 24 heavy (non-hydrogen) atoms. The molecule has 0 radical (unpaired) electrons. The number of esters is 1. The molecule has 0 aliphatic carbocycles. The molecule has 0 aliphatic rings. The summed E-state index contributed by atoms with van der Waals surface area (Å²) in [5.41, 5.74) is 2.34. The van der Waals surface area contributed by atoms with Crippen molar-refractivity contribution < 1.29 is 9.53 Å². The van der Waals surface area contributed by atoms with Crippen LogP contribution in [0.5, 0.6) is 0 Å². The third-order valence-electron chi connectivity index (χ3n) is 3.09. The van der Waals surface area contributed by atoms with E-state index in [1.54, 1.807) is 18.3 Å². The fourth-order valence-electron chi connectivity index (χ4n) is 2.07. The summed E-state index contributed by atoms with van der Waals surface area (Å²) in [5.74, 6) is -0.211. The predicted octanol–water partition coefficient (Wildman–Crippen LogP) is 5.12. The quantitative estimate of drug-likeness (QED) is 0.619. The first-order valence-corrected chi connectivity index (χ1v) is 8.70. The van der Waals surface area contributed by atoms with E-state index in [1.165, 1.54) is 22.2 Å². The summed E-state index contributed by atoms with van der Waals surface area (Å²) in [6.45, 7) is 3.65. The first-order chi connectivity index (χ1) is 11.7. The average molecular weight is 339 g/mol. The van der Waals surface area contributed by atoms with Crippen LogP contribution in [-0.4, -0.2) is 17.6 Å². The van der Waals surface area contributed by atoms with Gasteiger partial charge < -0.3 is 4.74 Å². The van der Waals surface area contributed by atoms with Gasteiger partial charge in [0.2, 0.25) is 0 Å². The molecule has 0 amide bonds. The van der Waals surface area contributed by atoms with Crippen LogP contribution >= 0.6 is 11.3 Å². The van der Waals surface area contributed by atoms with Crippen LogP contribution < -0.4 is 0 Å². The van der Waals surface area contributed by atoms with Gasteiger partial charge in [0.1, 0.15) is 0 Å². The summed E-state index contributed by atoms with van der Waals surface area (Å²) in [7, 11) is 0. The van der Waals surface area contributed by atoms with Gasteiger partial charge in [-0.2, -0.15) is 0 Å². The molecule has 124 valence electrons. The van der Waals surface area contributed by atoms with Crippen LogP contribution in [0.25, 0.3) is 16.3 Å². The number of thiazole rings is 1. The number of hydrogen-bond acceptors (Lipinski definition) is 4. The summed E-state index contributed by atoms with van der Waals surface area (Å²) in [6.07, 6.45) is 5.22. The highest BCUT2D eigenvalue weighted by atomic mass is 32.1. The number of fused-ring (bicyclic) bond motifs is 1. The van der Waals surface area contributed by atoms with E-state index in [2.05, 4.69) is 64.3 Å². The molecule has 3 rings (SSSR count). The minimum atomic E-state index is -0.211. The molecular formula is C20H21NO2S. The second-order valence-electron chi connectivity index (χ2n) is 5.02. The molecule has 0 saturated carbocycles. The van der Waals surface area contributed by atoms with E-state index in [-0.39, 0.29) is 5.97 Å². The third-order valence-corrected chi connectivity index (χ3v) is 4.15. The molecule has 4 heteroatoms. The van der Waals surface area contributed by atoms with Gasteiger partial charge in [0, 0.05) is 13.3 Å². The highest BCUT2D eigenvalue weighted by Gasteiger charge is 2.00. The summed E-state index contributed by atoms with van der Waals surface area (Å²) < 4.78 is 5.67. The van der Waals surface area contributed by atoms with Crippen LogP contribution in [0.15, 0.2) is 60.7 Å². The van der Waals surface area contributed by atoms with Crippen LogP contribution in [0.3, 0.4) is 0 Å². The van der Waals surface area contributed by atoms with Crippen molar-refractivity contribution in [1.82, 2.24) is 4.98 Å². The number of hydrogen-bond donors (Lipinski definition) is 0. The SMILES string of the molecule is C(=C\c1ccccc1)/Cc1nc2ccccc2s1.CCOC(C)=O. The van der Waals surface area contributed by atoms with Crippen molar-refractivity contribution >= 4 is 33.6 Å². The molecular weight excluding hydrogens is 318 g/mol. The van der Waals surface area contributed by atoms with Crippen LogP contribution in [0.1, 0.15) is 24.4 Å². The van der Waals surface area contributed by atoms with Gasteiger partial charge in [0.25, 0.3) is 0 Å². The Hall–Kier alpha value is -2.46. The average Bonchev–Trinajstić information content (AvgIpc) is 2.99. The van der Waals surface area contributed by atoms with Gasteiger partial charge in [-0.15, -0.1) is 11.3 Å². The third kappa shape index (κ3) is 5.97. The molecule has 0 atom stereocenters. The van der Waals surface area contributed by atoms with Crippen molar-refractivity contribution in [3.05, 3.63) is 71.2 Å². The maximum Gasteiger partial charge on any atom is 0.302 e. The smallest absolute Gasteiger partial charge is 0.302 e. The Kier molecular flexibility index (Phi) is 7.18. The van der Waals surface area contributed by atoms with Gasteiger partial charge in [-0.1, -0.05) is 54.6 Å². The lowest BCUT2D eigenvalue weighted by molar-refractivity contribution is -0.140. The Bertz CT molecular complexity index is 761. The zero-order chi connectivity index (χ0) is 17.2.